The topological polar surface area (TPSA) is 104 Å². The molecule has 0 radical (unpaired) electrons. The van der Waals surface area contributed by atoms with Crippen LogP contribution in [0.5, 0.6) is 0 Å². The van der Waals surface area contributed by atoms with Gasteiger partial charge in [0, 0.05) is 0 Å². The molecule has 3 aliphatic heterocycles. The Labute approximate surface area is 185 Å². The van der Waals surface area contributed by atoms with Gasteiger partial charge in [0.05, 0.1) is 0 Å². The first-order chi connectivity index (χ1) is 15.4. The van der Waals surface area contributed by atoms with Crippen LogP contribution in [0.25, 0.3) is 0 Å². The first-order valence-electron chi connectivity index (χ1n) is 10.6. The van der Waals surface area contributed by atoms with Crippen LogP contribution in [0.15, 0.2) is 48.5 Å². The van der Waals surface area contributed by atoms with Gasteiger partial charge in [-0.25, -0.2) is 0 Å². The Hall–Kier alpha value is -2.39. The monoisotopic (exact) mass is 460 g/mol. The predicted molar refractivity (Wildman–Crippen MR) is 117 cm³/mol. The van der Waals surface area contributed by atoms with Gasteiger partial charge < -0.3 is 0 Å². The molecule has 0 saturated carbocycles. The van der Waals surface area contributed by atoms with Gasteiger partial charge in [0.1, 0.15) is 0 Å². The normalized spacial score (nSPS) is 29.9. The minimum atomic E-state index is -4.91. The van der Waals surface area contributed by atoms with Crippen LogP contribution in [0.3, 0.4) is 0 Å². The number of fused-ring (bicyclic) bond motifs is 5. The van der Waals surface area contributed by atoms with E-state index >= 15 is 0 Å². The van der Waals surface area contributed by atoms with Gasteiger partial charge in [-0.1, -0.05) is 0 Å². The number of benzene rings is 2. The predicted octanol–water partition coefficient (Wildman–Crippen LogP) is 3.97. The fourth-order valence-corrected chi connectivity index (χ4v) is 8.20. The molecule has 9 nitrogen and oxygen atoms in total. The number of nitrogens with one attached hydrogen (secondary N) is 2. The Morgan fingerprint density at radius 1 is 0.719 bits per heavy atom. The van der Waals surface area contributed by atoms with Crippen molar-refractivity contribution in [3.8, 4) is 0 Å². The Bertz CT molecular complexity index is 1030. The van der Waals surface area contributed by atoms with E-state index in [2.05, 4.69) is 10.6 Å². The molecule has 2 aromatic rings. The van der Waals surface area contributed by atoms with Gasteiger partial charge in [0.2, 0.25) is 0 Å². The van der Waals surface area contributed by atoms with Gasteiger partial charge in [-0.05, 0) is 0 Å². The number of carbonyl (C=O) groups is 2. The van der Waals surface area contributed by atoms with Crippen LogP contribution < -0.4 is 10.6 Å². The summed E-state index contributed by atoms with van der Waals surface area (Å²) < 4.78 is 31.3. The second-order valence-corrected chi connectivity index (χ2v) is 10.2. The third-order valence-corrected chi connectivity index (χ3v) is 9.02. The van der Waals surface area contributed by atoms with Crippen LogP contribution >= 0.6 is 7.74 Å². The molecule has 1 saturated heterocycles. The number of hydrogen-bond donors (Lipinski definition) is 2. The molecule has 5 rings (SSSR count). The van der Waals surface area contributed by atoms with Crippen molar-refractivity contribution >= 4 is 30.9 Å². The van der Waals surface area contributed by atoms with E-state index in [1.807, 2.05) is 0 Å². The fraction of sp³-hybridized carbons (Fsp3) is 0.364. The molecule has 2 N–H and O–H groups in total. The second-order valence-electron chi connectivity index (χ2n) is 7.54. The Morgan fingerprint density at radius 2 is 1.09 bits per heavy atom. The molecule has 2 aromatic carbocycles. The maximum atomic E-state index is 13.8. The van der Waals surface area contributed by atoms with Crippen molar-refractivity contribution in [2.75, 3.05) is 30.5 Å². The minimum absolute atomic E-state index is 0.108. The molecule has 0 aliphatic carbocycles. The van der Waals surface area contributed by atoms with Gasteiger partial charge in [-0.3, -0.25) is 0 Å². The first-order valence-corrected chi connectivity index (χ1v) is 12.4. The summed E-state index contributed by atoms with van der Waals surface area (Å²) in [5.74, 6) is -1.12. The van der Waals surface area contributed by atoms with Crippen LogP contribution in [0.4, 0.5) is 11.4 Å². The average molecular weight is 460 g/mol. The molecule has 0 aromatic heterocycles. The van der Waals surface area contributed by atoms with Crippen LogP contribution in [-0.4, -0.2) is 31.6 Å². The van der Waals surface area contributed by atoms with Gasteiger partial charge >= 0.3 is 185 Å². The Balaban J connectivity index is 1.89. The molecule has 10 heteroatoms. The van der Waals surface area contributed by atoms with E-state index < -0.39 is 30.8 Å². The molecule has 0 bridgehead atoms. The summed E-state index contributed by atoms with van der Waals surface area (Å²) in [6.45, 7) is 5.54. The van der Waals surface area contributed by atoms with E-state index in [1.165, 1.54) is 0 Å². The molecular weight excluding hydrogens is 435 g/mol. The molecule has 2 amide bonds. The molecule has 3 aliphatic rings. The van der Waals surface area contributed by atoms with E-state index in [1.54, 1.807) is 69.3 Å². The number of para-hydroxylation sites is 2. The zero-order valence-electron chi connectivity index (χ0n) is 18.0. The van der Waals surface area contributed by atoms with Crippen molar-refractivity contribution in [3.63, 3.8) is 0 Å². The number of carbonyl (C=O) groups excluding carboxylic acids is 2. The number of anilines is 2. The van der Waals surface area contributed by atoms with Crippen LogP contribution in [0.1, 0.15) is 31.9 Å². The Kier molecular flexibility index (Phi) is 4.73. The van der Waals surface area contributed by atoms with E-state index in [0.717, 1.165) is 0 Å². The third kappa shape index (κ3) is 2.43. The summed E-state index contributed by atoms with van der Waals surface area (Å²) in [5, 5.41) is 5.69. The van der Waals surface area contributed by atoms with Crippen LogP contribution in [0, 0.1) is 0 Å². The quantitative estimate of drug-likeness (QED) is 0.629. The van der Waals surface area contributed by atoms with Crippen molar-refractivity contribution in [2.45, 2.75) is 32.0 Å². The van der Waals surface area contributed by atoms with E-state index in [4.69, 9.17) is 22.6 Å². The zero-order chi connectivity index (χ0) is 22.6. The average Bonchev–Trinajstić information content (AvgIpc) is 3.32. The van der Waals surface area contributed by atoms with E-state index in [-0.39, 0.29) is 19.8 Å². The fourth-order valence-electron chi connectivity index (χ4n) is 4.84. The van der Waals surface area contributed by atoms with Gasteiger partial charge in [-0.15, -0.1) is 0 Å². The van der Waals surface area contributed by atoms with Crippen molar-refractivity contribution in [3.05, 3.63) is 59.7 Å². The number of hydrogen-bond acceptors (Lipinski definition) is 7. The summed E-state index contributed by atoms with van der Waals surface area (Å²) >= 11 is 0. The third-order valence-electron chi connectivity index (χ3n) is 5.84. The van der Waals surface area contributed by atoms with Crippen LogP contribution in [-0.2, 0) is 43.4 Å². The molecule has 2 spiro atoms. The number of amides is 2. The van der Waals surface area contributed by atoms with Crippen molar-refractivity contribution in [1.29, 1.82) is 0 Å². The van der Waals surface area contributed by atoms with Gasteiger partial charge in [-0.2, -0.15) is 0 Å². The first kappa shape index (κ1) is 21.5. The van der Waals surface area contributed by atoms with Gasteiger partial charge in [0.15, 0.2) is 0 Å². The standard InChI is InChI=1S/C22H25N2O7P/c1-4-27-32(28-5-2,29-6-3)30-21(15-11-7-9-13-17(15)23-19(21)25)22(31-32)16-12-8-10-14-18(16)24-20(22)26/h7-14H,4-6H2,1-3H3,(H,23,25)(H,24,26). The van der Waals surface area contributed by atoms with Crippen molar-refractivity contribution < 1.29 is 32.2 Å². The van der Waals surface area contributed by atoms with Gasteiger partial charge in [0.25, 0.3) is 0 Å². The van der Waals surface area contributed by atoms with E-state index in [0.29, 0.717) is 22.5 Å². The summed E-state index contributed by atoms with van der Waals surface area (Å²) in [4.78, 5) is 27.5. The molecule has 3 heterocycles. The SMILES string of the molecule is CCOP1(OCC)(OCC)OC2(C(=O)Nc3ccccc32)C2(O1)C(=O)Nc1ccccc12. The summed E-state index contributed by atoms with van der Waals surface area (Å²) in [6, 6.07) is 14.1. The summed E-state index contributed by atoms with van der Waals surface area (Å²) in [7, 11) is -4.91. The molecule has 32 heavy (non-hydrogen) atoms. The Morgan fingerprint density at radius 3 is 1.47 bits per heavy atom. The maximum absolute atomic E-state index is 13.8. The molecule has 170 valence electrons. The zero-order valence-corrected chi connectivity index (χ0v) is 18.9. The number of rotatable bonds is 6. The molecule has 1 fully saturated rings. The molecule has 2 unspecified atom stereocenters. The second kappa shape index (κ2) is 7.05. The van der Waals surface area contributed by atoms with E-state index in [9.17, 15) is 9.59 Å². The van der Waals surface area contributed by atoms with Crippen molar-refractivity contribution in [2.24, 2.45) is 0 Å². The van der Waals surface area contributed by atoms with Crippen LogP contribution in [0.2, 0.25) is 0 Å². The molecule has 2 atom stereocenters. The summed E-state index contributed by atoms with van der Waals surface area (Å²) in [5.41, 5.74) is -1.94. The summed E-state index contributed by atoms with van der Waals surface area (Å²) in [6.07, 6.45) is 0. The van der Waals surface area contributed by atoms with Crippen molar-refractivity contribution in [1.82, 2.24) is 0 Å². The molecular formula is C22H25N2O7P.